The largest absolute Gasteiger partial charge is 0.340 e. The van der Waals surface area contributed by atoms with E-state index in [1.807, 2.05) is 6.92 Å². The first kappa shape index (κ1) is 14.5. The average molecular weight is 319 g/mol. The molecule has 0 aliphatic rings. The van der Waals surface area contributed by atoms with Crippen molar-refractivity contribution in [3.63, 3.8) is 0 Å². The van der Waals surface area contributed by atoms with Crippen molar-refractivity contribution < 1.29 is 9.18 Å². The molecule has 0 aliphatic heterocycles. The molecule has 1 amide bonds. The monoisotopic (exact) mass is 318 g/mol. The summed E-state index contributed by atoms with van der Waals surface area (Å²) in [6.45, 7) is 1.96. The number of hydrogen-bond donors (Lipinski definition) is 2. The van der Waals surface area contributed by atoms with Crippen LogP contribution in [0.4, 0.5) is 10.1 Å². The summed E-state index contributed by atoms with van der Waals surface area (Å²) in [5.74, 6) is -0.124. The van der Waals surface area contributed by atoms with Crippen LogP contribution in [0.15, 0.2) is 30.5 Å². The molecule has 1 aromatic carbocycles. The average Bonchev–Trinajstić information content (AvgIpc) is 2.94. The van der Waals surface area contributed by atoms with Crippen molar-refractivity contribution in [2.75, 3.05) is 5.32 Å². The summed E-state index contributed by atoms with van der Waals surface area (Å²) in [6, 6.07) is 5.60. The van der Waals surface area contributed by atoms with Gasteiger partial charge in [0.15, 0.2) is 5.65 Å². The van der Waals surface area contributed by atoms with Crippen LogP contribution in [0.25, 0.3) is 11.2 Å². The number of fused-ring (bicyclic) bond motifs is 1. The normalized spacial score (nSPS) is 10.9. The van der Waals surface area contributed by atoms with Gasteiger partial charge in [0, 0.05) is 18.3 Å². The molecule has 0 saturated carbocycles. The number of rotatable bonds is 3. The van der Waals surface area contributed by atoms with E-state index in [0.29, 0.717) is 28.8 Å². The third kappa shape index (κ3) is 2.65. The van der Waals surface area contributed by atoms with Gasteiger partial charge in [0.25, 0.3) is 5.91 Å². The third-order valence-electron chi connectivity index (χ3n) is 3.20. The van der Waals surface area contributed by atoms with E-state index < -0.39 is 5.82 Å². The first-order valence-corrected chi connectivity index (χ1v) is 7.06. The third-order valence-corrected chi connectivity index (χ3v) is 3.49. The van der Waals surface area contributed by atoms with Crippen LogP contribution >= 0.6 is 11.6 Å². The number of anilines is 1. The molecule has 3 aromatic rings. The molecule has 112 valence electrons. The predicted molar refractivity (Wildman–Crippen MR) is 82.6 cm³/mol. The Balaban J connectivity index is 1.94. The minimum atomic E-state index is -0.535. The van der Waals surface area contributed by atoms with Gasteiger partial charge in [0.1, 0.15) is 11.6 Å². The first-order chi connectivity index (χ1) is 10.6. The SMILES string of the molecule is CCc1nc2nccc(C(=O)Nc3ccc(F)c(Cl)c3)c2[nH]1. The number of carbonyl (C=O) groups excluding carboxylic acids is 1. The number of H-pyrrole nitrogens is 1. The number of aromatic amines is 1. The molecule has 2 N–H and O–H groups in total. The topological polar surface area (TPSA) is 70.7 Å². The minimum absolute atomic E-state index is 0.0486. The molecule has 0 spiro atoms. The van der Waals surface area contributed by atoms with E-state index >= 15 is 0 Å². The van der Waals surface area contributed by atoms with Gasteiger partial charge in [-0.05, 0) is 24.3 Å². The van der Waals surface area contributed by atoms with Gasteiger partial charge in [-0.3, -0.25) is 4.79 Å². The number of pyridine rings is 1. The zero-order valence-electron chi connectivity index (χ0n) is 11.7. The molecule has 0 radical (unpaired) electrons. The van der Waals surface area contributed by atoms with Gasteiger partial charge >= 0.3 is 0 Å². The van der Waals surface area contributed by atoms with Crippen LogP contribution in [0.2, 0.25) is 5.02 Å². The van der Waals surface area contributed by atoms with Crippen molar-refractivity contribution in [2.45, 2.75) is 13.3 Å². The summed E-state index contributed by atoms with van der Waals surface area (Å²) < 4.78 is 13.1. The summed E-state index contributed by atoms with van der Waals surface area (Å²) in [6.07, 6.45) is 2.24. The van der Waals surface area contributed by atoms with E-state index in [1.54, 1.807) is 6.07 Å². The molecule has 3 rings (SSSR count). The fourth-order valence-corrected chi connectivity index (χ4v) is 2.27. The van der Waals surface area contributed by atoms with E-state index in [0.717, 1.165) is 5.82 Å². The standard InChI is InChI=1S/C15H12ClFN4O/c1-2-12-20-13-9(5-6-18-14(13)21-12)15(22)19-8-3-4-11(17)10(16)7-8/h3-7H,2H2,1H3,(H,19,22)(H,18,20,21). The highest BCUT2D eigenvalue weighted by Crippen LogP contribution is 2.21. The second-order valence-corrected chi connectivity index (χ2v) is 5.08. The maximum Gasteiger partial charge on any atom is 0.257 e. The van der Waals surface area contributed by atoms with Crippen LogP contribution in [-0.2, 0) is 6.42 Å². The van der Waals surface area contributed by atoms with Crippen LogP contribution in [0.1, 0.15) is 23.1 Å². The second-order valence-electron chi connectivity index (χ2n) is 4.68. The Labute approximate surface area is 130 Å². The van der Waals surface area contributed by atoms with Crippen LogP contribution < -0.4 is 5.32 Å². The summed E-state index contributed by atoms with van der Waals surface area (Å²) in [7, 11) is 0. The molecule has 0 bridgehead atoms. The summed E-state index contributed by atoms with van der Waals surface area (Å²) in [5, 5.41) is 2.63. The number of benzene rings is 1. The minimum Gasteiger partial charge on any atom is -0.340 e. The number of aromatic nitrogens is 3. The van der Waals surface area contributed by atoms with Gasteiger partial charge in [0.2, 0.25) is 0 Å². The molecule has 2 heterocycles. The Kier molecular flexibility index (Phi) is 3.77. The Bertz CT molecular complexity index is 862. The molecule has 2 aromatic heterocycles. The lowest BCUT2D eigenvalue weighted by Gasteiger charge is -2.06. The lowest BCUT2D eigenvalue weighted by atomic mass is 10.2. The molecule has 7 heteroatoms. The van der Waals surface area contributed by atoms with Gasteiger partial charge in [-0.1, -0.05) is 18.5 Å². The molecule has 0 aliphatic carbocycles. The van der Waals surface area contributed by atoms with E-state index in [4.69, 9.17) is 11.6 Å². The fourth-order valence-electron chi connectivity index (χ4n) is 2.09. The molecule has 0 atom stereocenters. The zero-order valence-corrected chi connectivity index (χ0v) is 12.4. The van der Waals surface area contributed by atoms with Gasteiger partial charge in [0.05, 0.1) is 16.1 Å². The van der Waals surface area contributed by atoms with Crippen molar-refractivity contribution in [3.8, 4) is 0 Å². The number of aryl methyl sites for hydroxylation is 1. The van der Waals surface area contributed by atoms with Crippen molar-refractivity contribution in [3.05, 3.63) is 52.7 Å². The number of nitrogens with zero attached hydrogens (tertiary/aromatic N) is 2. The summed E-state index contributed by atoms with van der Waals surface area (Å²) in [4.78, 5) is 23.9. The predicted octanol–water partition coefficient (Wildman–Crippen LogP) is 3.57. The van der Waals surface area contributed by atoms with Gasteiger partial charge in [-0.15, -0.1) is 0 Å². The highest BCUT2D eigenvalue weighted by molar-refractivity contribution is 6.31. The lowest BCUT2D eigenvalue weighted by Crippen LogP contribution is -2.12. The molecule has 0 fully saturated rings. The van der Waals surface area contributed by atoms with Gasteiger partial charge in [-0.25, -0.2) is 14.4 Å². The summed E-state index contributed by atoms with van der Waals surface area (Å²) >= 11 is 5.71. The number of imidazole rings is 1. The van der Waals surface area contributed by atoms with Crippen LogP contribution in [-0.4, -0.2) is 20.9 Å². The van der Waals surface area contributed by atoms with E-state index in [-0.39, 0.29) is 10.9 Å². The van der Waals surface area contributed by atoms with Gasteiger partial charge in [-0.2, -0.15) is 0 Å². The van der Waals surface area contributed by atoms with Crippen LogP contribution in [0.5, 0.6) is 0 Å². The molecule has 0 unspecified atom stereocenters. The Morgan fingerprint density at radius 2 is 2.23 bits per heavy atom. The van der Waals surface area contributed by atoms with E-state index in [2.05, 4.69) is 20.3 Å². The van der Waals surface area contributed by atoms with Crippen LogP contribution in [0, 0.1) is 5.82 Å². The Morgan fingerprint density at radius 1 is 1.41 bits per heavy atom. The maximum atomic E-state index is 13.1. The Morgan fingerprint density at radius 3 is 2.95 bits per heavy atom. The van der Waals surface area contributed by atoms with Crippen molar-refractivity contribution in [1.82, 2.24) is 15.0 Å². The van der Waals surface area contributed by atoms with Crippen LogP contribution in [0.3, 0.4) is 0 Å². The number of nitrogens with one attached hydrogen (secondary N) is 2. The van der Waals surface area contributed by atoms with E-state index in [1.165, 1.54) is 24.4 Å². The smallest absolute Gasteiger partial charge is 0.257 e. The molecule has 0 saturated heterocycles. The highest BCUT2D eigenvalue weighted by Gasteiger charge is 2.14. The first-order valence-electron chi connectivity index (χ1n) is 6.68. The Hall–Kier alpha value is -2.47. The number of carbonyl (C=O) groups is 1. The summed E-state index contributed by atoms with van der Waals surface area (Å²) in [5.41, 5.74) is 1.89. The zero-order chi connectivity index (χ0) is 15.7. The van der Waals surface area contributed by atoms with Crippen molar-refractivity contribution in [2.24, 2.45) is 0 Å². The quantitative estimate of drug-likeness (QED) is 0.775. The van der Waals surface area contributed by atoms with Crippen molar-refractivity contribution >= 4 is 34.4 Å². The molecule has 22 heavy (non-hydrogen) atoms. The molecular formula is C15H12ClFN4O. The molecular weight excluding hydrogens is 307 g/mol. The number of amides is 1. The molecule has 5 nitrogen and oxygen atoms in total. The lowest BCUT2D eigenvalue weighted by molar-refractivity contribution is 0.102. The van der Waals surface area contributed by atoms with Gasteiger partial charge < -0.3 is 10.3 Å². The highest BCUT2D eigenvalue weighted by atomic mass is 35.5. The van der Waals surface area contributed by atoms with E-state index in [9.17, 15) is 9.18 Å². The second kappa shape index (κ2) is 5.73. The number of hydrogen-bond acceptors (Lipinski definition) is 3. The maximum absolute atomic E-state index is 13.1. The van der Waals surface area contributed by atoms with Crippen molar-refractivity contribution in [1.29, 1.82) is 0 Å². The fraction of sp³-hybridized carbons (Fsp3) is 0.133. The number of halogens is 2.